The molecule has 1 fully saturated rings. The van der Waals surface area contributed by atoms with Crippen LogP contribution in [0, 0.1) is 0 Å². The van der Waals surface area contributed by atoms with Crippen LogP contribution < -0.4 is 5.32 Å². The third kappa shape index (κ3) is 3.04. The van der Waals surface area contributed by atoms with Gasteiger partial charge >= 0.3 is 0 Å². The predicted octanol–water partition coefficient (Wildman–Crippen LogP) is 3.29. The third-order valence-corrected chi connectivity index (χ3v) is 4.53. The molecule has 1 saturated heterocycles. The van der Waals surface area contributed by atoms with Crippen molar-refractivity contribution in [3.8, 4) is 0 Å². The number of aliphatic hydroxyl groups is 1. The second-order valence-electron chi connectivity index (χ2n) is 5.97. The summed E-state index contributed by atoms with van der Waals surface area (Å²) in [6.07, 6.45) is 3.47. The molecule has 0 aliphatic carbocycles. The zero-order valence-electron chi connectivity index (χ0n) is 12.6. The molecule has 0 saturated carbocycles. The van der Waals surface area contributed by atoms with Crippen molar-refractivity contribution in [3.63, 3.8) is 0 Å². The SMILES string of the molecule is CCC(CC)c1ccc(C2CCC(=O)NC2(C)O)cc1. The van der Waals surface area contributed by atoms with Gasteiger partial charge in [0, 0.05) is 12.3 Å². The second kappa shape index (κ2) is 5.96. The van der Waals surface area contributed by atoms with Crippen molar-refractivity contribution in [3.05, 3.63) is 35.4 Å². The Morgan fingerprint density at radius 3 is 2.40 bits per heavy atom. The first kappa shape index (κ1) is 15.0. The summed E-state index contributed by atoms with van der Waals surface area (Å²) in [5, 5.41) is 13.1. The Balaban J connectivity index is 2.19. The van der Waals surface area contributed by atoms with E-state index in [0.717, 1.165) is 18.4 Å². The Morgan fingerprint density at radius 1 is 1.30 bits per heavy atom. The minimum Gasteiger partial charge on any atom is -0.371 e. The molecule has 2 rings (SSSR count). The van der Waals surface area contributed by atoms with E-state index in [2.05, 4.69) is 43.4 Å². The third-order valence-electron chi connectivity index (χ3n) is 4.53. The zero-order valence-corrected chi connectivity index (χ0v) is 12.6. The number of carbonyl (C=O) groups excluding carboxylic acids is 1. The van der Waals surface area contributed by atoms with E-state index in [1.807, 2.05) is 0 Å². The first-order chi connectivity index (χ1) is 9.47. The molecule has 0 spiro atoms. The molecule has 3 nitrogen and oxygen atoms in total. The molecule has 2 atom stereocenters. The lowest BCUT2D eigenvalue weighted by Gasteiger charge is -2.38. The summed E-state index contributed by atoms with van der Waals surface area (Å²) in [4.78, 5) is 11.4. The van der Waals surface area contributed by atoms with Crippen LogP contribution in [0.4, 0.5) is 0 Å². The average molecular weight is 275 g/mol. The minimum absolute atomic E-state index is 0.0315. The largest absolute Gasteiger partial charge is 0.371 e. The quantitative estimate of drug-likeness (QED) is 0.886. The molecule has 110 valence electrons. The highest BCUT2D eigenvalue weighted by atomic mass is 16.3. The number of hydrogen-bond acceptors (Lipinski definition) is 2. The first-order valence-corrected chi connectivity index (χ1v) is 7.61. The van der Waals surface area contributed by atoms with E-state index in [0.29, 0.717) is 18.8 Å². The summed E-state index contributed by atoms with van der Waals surface area (Å²) in [6, 6.07) is 8.54. The number of piperidine rings is 1. The summed E-state index contributed by atoms with van der Waals surface area (Å²) in [5.74, 6) is 0.506. The van der Waals surface area contributed by atoms with E-state index in [4.69, 9.17) is 0 Å². The standard InChI is InChI=1S/C17H25NO2/c1-4-12(5-2)13-6-8-14(9-7-13)15-10-11-16(19)18-17(15,3)20/h6-9,12,15,20H,4-5,10-11H2,1-3H3,(H,18,19). The molecular formula is C17H25NO2. The monoisotopic (exact) mass is 275 g/mol. The van der Waals surface area contributed by atoms with Gasteiger partial charge in [0.2, 0.25) is 5.91 Å². The van der Waals surface area contributed by atoms with Crippen molar-refractivity contribution in [2.24, 2.45) is 0 Å². The number of nitrogens with one attached hydrogen (secondary N) is 1. The molecule has 1 amide bonds. The van der Waals surface area contributed by atoms with Crippen LogP contribution >= 0.6 is 0 Å². The summed E-state index contributed by atoms with van der Waals surface area (Å²) in [6.45, 7) is 6.11. The number of benzene rings is 1. The first-order valence-electron chi connectivity index (χ1n) is 7.61. The number of hydrogen-bond donors (Lipinski definition) is 2. The van der Waals surface area contributed by atoms with Crippen molar-refractivity contribution in [1.29, 1.82) is 0 Å². The summed E-state index contributed by atoms with van der Waals surface area (Å²) in [5.41, 5.74) is 1.31. The number of carbonyl (C=O) groups is 1. The van der Waals surface area contributed by atoms with Crippen LogP contribution in [0.1, 0.15) is 69.4 Å². The van der Waals surface area contributed by atoms with Gasteiger partial charge in [0.1, 0.15) is 5.72 Å². The Hall–Kier alpha value is -1.35. The predicted molar refractivity (Wildman–Crippen MR) is 80.5 cm³/mol. The van der Waals surface area contributed by atoms with Crippen molar-refractivity contribution in [1.82, 2.24) is 5.32 Å². The van der Waals surface area contributed by atoms with Gasteiger partial charge < -0.3 is 10.4 Å². The highest BCUT2D eigenvalue weighted by molar-refractivity contribution is 5.77. The molecule has 1 heterocycles. The Morgan fingerprint density at radius 2 is 1.90 bits per heavy atom. The summed E-state index contributed by atoms with van der Waals surface area (Å²) in [7, 11) is 0. The maximum absolute atomic E-state index is 11.4. The van der Waals surface area contributed by atoms with Gasteiger partial charge in [-0.2, -0.15) is 0 Å². The topological polar surface area (TPSA) is 49.3 Å². The molecule has 3 heteroatoms. The van der Waals surface area contributed by atoms with Crippen molar-refractivity contribution in [2.45, 2.75) is 64.0 Å². The number of amides is 1. The summed E-state index contributed by atoms with van der Waals surface area (Å²) >= 11 is 0. The summed E-state index contributed by atoms with van der Waals surface area (Å²) < 4.78 is 0. The lowest BCUT2D eigenvalue weighted by atomic mass is 9.81. The van der Waals surface area contributed by atoms with Crippen molar-refractivity contribution in [2.75, 3.05) is 0 Å². The van der Waals surface area contributed by atoms with E-state index in [9.17, 15) is 9.90 Å². The maximum Gasteiger partial charge on any atom is 0.222 e. The maximum atomic E-state index is 11.4. The van der Waals surface area contributed by atoms with Crippen LogP contribution in [-0.4, -0.2) is 16.7 Å². The molecule has 2 unspecified atom stereocenters. The van der Waals surface area contributed by atoms with Crippen LogP contribution in [0.2, 0.25) is 0 Å². The highest BCUT2D eigenvalue weighted by Gasteiger charge is 2.38. The van der Waals surface area contributed by atoms with E-state index in [1.165, 1.54) is 5.56 Å². The van der Waals surface area contributed by atoms with Crippen LogP contribution in [0.25, 0.3) is 0 Å². The molecule has 2 N–H and O–H groups in total. The van der Waals surface area contributed by atoms with Gasteiger partial charge in [-0.15, -0.1) is 0 Å². The van der Waals surface area contributed by atoms with Crippen molar-refractivity contribution < 1.29 is 9.90 Å². The molecule has 0 bridgehead atoms. The number of rotatable bonds is 4. The fourth-order valence-electron chi connectivity index (χ4n) is 3.24. The van der Waals surface area contributed by atoms with Gasteiger partial charge in [0.15, 0.2) is 0 Å². The van der Waals surface area contributed by atoms with E-state index >= 15 is 0 Å². The fraction of sp³-hybridized carbons (Fsp3) is 0.588. The van der Waals surface area contributed by atoms with Crippen molar-refractivity contribution >= 4 is 5.91 Å². The molecule has 1 aromatic rings. The van der Waals surface area contributed by atoms with Gasteiger partial charge in [0.05, 0.1) is 0 Å². The van der Waals surface area contributed by atoms with Crippen LogP contribution in [0.15, 0.2) is 24.3 Å². The van der Waals surface area contributed by atoms with Crippen LogP contribution in [0.3, 0.4) is 0 Å². The molecule has 1 aliphatic heterocycles. The second-order valence-corrected chi connectivity index (χ2v) is 5.97. The van der Waals surface area contributed by atoms with E-state index < -0.39 is 5.72 Å². The smallest absolute Gasteiger partial charge is 0.222 e. The Labute approximate surface area is 121 Å². The van der Waals surface area contributed by atoms with Gasteiger partial charge in [-0.1, -0.05) is 38.1 Å². The van der Waals surface area contributed by atoms with Crippen LogP contribution in [-0.2, 0) is 4.79 Å². The van der Waals surface area contributed by atoms with E-state index in [1.54, 1.807) is 6.92 Å². The van der Waals surface area contributed by atoms with Gasteiger partial charge in [-0.25, -0.2) is 0 Å². The zero-order chi connectivity index (χ0) is 14.8. The molecule has 0 aromatic heterocycles. The van der Waals surface area contributed by atoms with Gasteiger partial charge in [0.25, 0.3) is 0 Å². The lowest BCUT2D eigenvalue weighted by Crippen LogP contribution is -2.53. The molecular weight excluding hydrogens is 250 g/mol. The molecule has 1 aliphatic rings. The van der Waals surface area contributed by atoms with Gasteiger partial charge in [-0.3, -0.25) is 4.79 Å². The van der Waals surface area contributed by atoms with E-state index in [-0.39, 0.29) is 11.8 Å². The molecule has 0 radical (unpaired) electrons. The Kier molecular flexibility index (Phi) is 4.48. The fourth-order valence-corrected chi connectivity index (χ4v) is 3.24. The lowest BCUT2D eigenvalue weighted by molar-refractivity contribution is -0.134. The normalized spacial score (nSPS) is 26.6. The molecule has 20 heavy (non-hydrogen) atoms. The van der Waals surface area contributed by atoms with Crippen LogP contribution in [0.5, 0.6) is 0 Å². The molecule has 1 aromatic carbocycles. The van der Waals surface area contributed by atoms with Gasteiger partial charge in [-0.05, 0) is 43.2 Å². The minimum atomic E-state index is -1.15. The Bertz CT molecular complexity index is 460. The average Bonchev–Trinajstić information content (AvgIpc) is 2.40. The highest BCUT2D eigenvalue weighted by Crippen LogP contribution is 2.35.